The minimum absolute atomic E-state index is 0.0702. The zero-order chi connectivity index (χ0) is 12.5. The fraction of sp³-hybridized carbons (Fsp3) is 0.538. The van der Waals surface area contributed by atoms with Crippen molar-refractivity contribution in [2.24, 2.45) is 0 Å². The molecule has 0 aromatic heterocycles. The van der Waals surface area contributed by atoms with Crippen LogP contribution in [0.2, 0.25) is 5.02 Å². The van der Waals surface area contributed by atoms with E-state index in [0.717, 1.165) is 12.8 Å². The van der Waals surface area contributed by atoms with Crippen molar-refractivity contribution in [3.8, 4) is 5.75 Å². The molecule has 0 radical (unpaired) electrons. The Labute approximate surface area is 106 Å². The highest BCUT2D eigenvalue weighted by Gasteiger charge is 2.31. The predicted molar refractivity (Wildman–Crippen MR) is 65.1 cm³/mol. The van der Waals surface area contributed by atoms with Crippen LogP contribution in [-0.2, 0) is 4.74 Å². The van der Waals surface area contributed by atoms with E-state index in [4.69, 9.17) is 21.1 Å². The number of benzene rings is 1. The van der Waals surface area contributed by atoms with Gasteiger partial charge >= 0.3 is 0 Å². The largest absolute Gasteiger partial charge is 0.491 e. The summed E-state index contributed by atoms with van der Waals surface area (Å²) in [5.74, 6) is 0.0250. The van der Waals surface area contributed by atoms with Gasteiger partial charge in [-0.1, -0.05) is 11.6 Å². The van der Waals surface area contributed by atoms with Crippen LogP contribution in [0.4, 0.5) is 4.39 Å². The zero-order valence-electron chi connectivity index (χ0n) is 10.0. The van der Waals surface area contributed by atoms with Crippen molar-refractivity contribution in [2.45, 2.75) is 38.4 Å². The third-order valence-electron chi connectivity index (χ3n) is 2.88. The molecule has 1 aromatic rings. The van der Waals surface area contributed by atoms with Crippen molar-refractivity contribution < 1.29 is 13.9 Å². The second kappa shape index (κ2) is 4.83. The van der Waals surface area contributed by atoms with E-state index in [1.165, 1.54) is 12.1 Å². The van der Waals surface area contributed by atoms with Crippen LogP contribution in [0.25, 0.3) is 0 Å². The molecular weight excluding hydrogens is 243 g/mol. The summed E-state index contributed by atoms with van der Waals surface area (Å²) in [7, 11) is 0. The smallest absolute Gasteiger partial charge is 0.145 e. The maximum atomic E-state index is 13.2. The first-order valence-electron chi connectivity index (χ1n) is 5.72. The third kappa shape index (κ3) is 3.33. The molecule has 1 aliphatic rings. The zero-order valence-corrected chi connectivity index (χ0v) is 10.8. The highest BCUT2D eigenvalue weighted by Crippen LogP contribution is 2.30. The number of rotatable bonds is 3. The molecule has 1 atom stereocenters. The van der Waals surface area contributed by atoms with Crippen LogP contribution in [0.3, 0.4) is 0 Å². The highest BCUT2D eigenvalue weighted by atomic mass is 35.5. The fourth-order valence-corrected chi connectivity index (χ4v) is 2.07. The van der Waals surface area contributed by atoms with E-state index in [2.05, 4.69) is 13.8 Å². The van der Waals surface area contributed by atoms with Gasteiger partial charge in [-0.2, -0.15) is 0 Å². The van der Waals surface area contributed by atoms with Crippen molar-refractivity contribution in [3.63, 3.8) is 0 Å². The van der Waals surface area contributed by atoms with Gasteiger partial charge in [-0.3, -0.25) is 0 Å². The van der Waals surface area contributed by atoms with E-state index in [1.807, 2.05) is 0 Å². The monoisotopic (exact) mass is 258 g/mol. The van der Waals surface area contributed by atoms with Crippen LogP contribution in [-0.4, -0.2) is 18.3 Å². The Hall–Kier alpha value is -0.800. The molecule has 1 saturated heterocycles. The summed E-state index contributed by atoms with van der Waals surface area (Å²) < 4.78 is 24.4. The molecule has 0 amide bonds. The fourth-order valence-electron chi connectivity index (χ4n) is 1.95. The normalized spacial score (nSPS) is 22.7. The molecule has 17 heavy (non-hydrogen) atoms. The van der Waals surface area contributed by atoms with Gasteiger partial charge in [-0.25, -0.2) is 4.39 Å². The van der Waals surface area contributed by atoms with E-state index < -0.39 is 5.82 Å². The van der Waals surface area contributed by atoms with Crippen molar-refractivity contribution in [1.82, 2.24) is 0 Å². The van der Waals surface area contributed by atoms with E-state index in [0.29, 0.717) is 12.4 Å². The molecule has 2 nitrogen and oxygen atoms in total. The molecular formula is C13H16ClFO2. The van der Waals surface area contributed by atoms with Gasteiger partial charge in [0, 0.05) is 6.07 Å². The predicted octanol–water partition coefficient (Wildman–Crippen LogP) is 3.82. The van der Waals surface area contributed by atoms with E-state index in [-0.39, 0.29) is 16.7 Å². The van der Waals surface area contributed by atoms with Crippen LogP contribution in [0.1, 0.15) is 26.7 Å². The molecule has 94 valence electrons. The first-order chi connectivity index (χ1) is 7.96. The summed E-state index contributed by atoms with van der Waals surface area (Å²) in [6.07, 6.45) is 2.09. The highest BCUT2D eigenvalue weighted by molar-refractivity contribution is 6.30. The van der Waals surface area contributed by atoms with Crippen molar-refractivity contribution in [3.05, 3.63) is 29.0 Å². The molecule has 0 spiro atoms. The van der Waals surface area contributed by atoms with Crippen LogP contribution in [0.5, 0.6) is 5.75 Å². The van der Waals surface area contributed by atoms with Crippen molar-refractivity contribution in [2.75, 3.05) is 6.61 Å². The van der Waals surface area contributed by atoms with E-state index >= 15 is 0 Å². The Kier molecular flexibility index (Phi) is 3.59. The maximum absolute atomic E-state index is 13.2. The van der Waals surface area contributed by atoms with Gasteiger partial charge in [0.05, 0.1) is 16.7 Å². The van der Waals surface area contributed by atoms with Crippen molar-refractivity contribution >= 4 is 11.6 Å². The molecule has 1 aromatic carbocycles. The minimum Gasteiger partial charge on any atom is -0.491 e. The molecule has 0 bridgehead atoms. The summed E-state index contributed by atoms with van der Waals surface area (Å²) in [6, 6.07) is 4.44. The van der Waals surface area contributed by atoms with Gasteiger partial charge in [0.1, 0.15) is 18.2 Å². The summed E-state index contributed by atoms with van der Waals surface area (Å²) in [4.78, 5) is 0. The Morgan fingerprint density at radius 2 is 2.29 bits per heavy atom. The lowest BCUT2D eigenvalue weighted by Crippen LogP contribution is -2.23. The quantitative estimate of drug-likeness (QED) is 0.821. The SMILES string of the molecule is CC1(C)CCC(COc2ccc(Cl)c(F)c2)O1. The standard InChI is InChI=1S/C13H16ClFO2/c1-13(2)6-5-10(17-13)8-16-9-3-4-11(14)12(15)7-9/h3-4,7,10H,5-6,8H2,1-2H3. The molecule has 1 unspecified atom stereocenters. The van der Waals surface area contributed by atoms with Gasteiger partial charge in [0.25, 0.3) is 0 Å². The van der Waals surface area contributed by atoms with E-state index in [9.17, 15) is 4.39 Å². The average molecular weight is 259 g/mol. The van der Waals surface area contributed by atoms with E-state index in [1.54, 1.807) is 6.07 Å². The number of hydrogen-bond donors (Lipinski definition) is 0. The number of ether oxygens (including phenoxy) is 2. The number of hydrogen-bond acceptors (Lipinski definition) is 2. The van der Waals surface area contributed by atoms with Crippen molar-refractivity contribution in [1.29, 1.82) is 0 Å². The van der Waals surface area contributed by atoms with Gasteiger partial charge < -0.3 is 9.47 Å². The molecule has 1 heterocycles. The molecule has 1 aliphatic heterocycles. The van der Waals surface area contributed by atoms with Gasteiger partial charge in [-0.05, 0) is 38.8 Å². The first-order valence-corrected chi connectivity index (χ1v) is 6.10. The Bertz CT molecular complexity index is 406. The van der Waals surface area contributed by atoms with Gasteiger partial charge in [0.15, 0.2) is 0 Å². The molecule has 1 fully saturated rings. The molecule has 0 aliphatic carbocycles. The molecule has 0 N–H and O–H groups in total. The minimum atomic E-state index is -0.461. The molecule has 2 rings (SSSR count). The molecule has 4 heteroatoms. The lowest BCUT2D eigenvalue weighted by atomic mass is 10.1. The first kappa shape index (κ1) is 12.7. The third-order valence-corrected chi connectivity index (χ3v) is 3.19. The van der Waals surface area contributed by atoms with Crippen LogP contribution in [0, 0.1) is 5.82 Å². The summed E-state index contributed by atoms with van der Waals surface area (Å²) in [5, 5.41) is 0.107. The topological polar surface area (TPSA) is 18.5 Å². The average Bonchev–Trinajstić information content (AvgIpc) is 2.60. The van der Waals surface area contributed by atoms with Gasteiger partial charge in [-0.15, -0.1) is 0 Å². The Balaban J connectivity index is 1.88. The lowest BCUT2D eigenvalue weighted by Gasteiger charge is -2.19. The van der Waals surface area contributed by atoms with Crippen LogP contribution >= 0.6 is 11.6 Å². The Morgan fingerprint density at radius 3 is 2.88 bits per heavy atom. The second-order valence-corrected chi connectivity index (χ2v) is 5.33. The van der Waals surface area contributed by atoms with Crippen LogP contribution in [0.15, 0.2) is 18.2 Å². The Morgan fingerprint density at radius 1 is 1.53 bits per heavy atom. The summed E-state index contributed by atoms with van der Waals surface area (Å²) in [6.45, 7) is 4.58. The van der Waals surface area contributed by atoms with Gasteiger partial charge in [0.2, 0.25) is 0 Å². The molecule has 0 saturated carbocycles. The summed E-state index contributed by atoms with van der Waals surface area (Å²) >= 11 is 5.59. The maximum Gasteiger partial charge on any atom is 0.145 e. The lowest BCUT2D eigenvalue weighted by molar-refractivity contribution is -0.0326. The second-order valence-electron chi connectivity index (χ2n) is 4.93. The van der Waals surface area contributed by atoms with Crippen LogP contribution < -0.4 is 4.74 Å². The summed E-state index contributed by atoms with van der Waals surface area (Å²) in [5.41, 5.74) is -0.0702. The number of halogens is 2.